The molecule has 1 saturated heterocycles. The normalized spacial score (nSPS) is 26.6. The van der Waals surface area contributed by atoms with Gasteiger partial charge in [0.25, 0.3) is 0 Å². The van der Waals surface area contributed by atoms with Crippen molar-refractivity contribution in [2.75, 3.05) is 16.8 Å². The number of halogens is 1. The lowest BCUT2D eigenvalue weighted by atomic mass is 9.76. The van der Waals surface area contributed by atoms with E-state index in [4.69, 9.17) is 16.3 Å². The van der Waals surface area contributed by atoms with E-state index >= 15 is 0 Å². The fraction of sp³-hybridized carbons (Fsp3) is 0.364. The van der Waals surface area contributed by atoms with E-state index in [0.717, 1.165) is 28.7 Å². The molecule has 4 heteroatoms. The molecule has 1 fully saturated rings. The molecule has 0 spiro atoms. The fourth-order valence-electron chi connectivity index (χ4n) is 4.37. The number of fused-ring (bicyclic) bond motifs is 3. The molecule has 2 heterocycles. The number of thioether (sulfide) groups is 1. The molecular formula is C22H22ClNOS. The summed E-state index contributed by atoms with van der Waals surface area (Å²) in [6.07, 6.45) is 6.13. The first-order valence-electron chi connectivity index (χ1n) is 9.27. The van der Waals surface area contributed by atoms with Gasteiger partial charge in [-0.3, -0.25) is 0 Å². The Morgan fingerprint density at radius 3 is 2.65 bits per heavy atom. The third-order valence-electron chi connectivity index (χ3n) is 5.82. The van der Waals surface area contributed by atoms with E-state index in [-0.39, 0.29) is 0 Å². The summed E-state index contributed by atoms with van der Waals surface area (Å²) in [4.78, 5) is 0. The van der Waals surface area contributed by atoms with Crippen LogP contribution in [0.4, 0.5) is 5.69 Å². The van der Waals surface area contributed by atoms with Gasteiger partial charge in [-0.25, -0.2) is 0 Å². The largest absolute Gasteiger partial charge is 0.489 e. The van der Waals surface area contributed by atoms with E-state index < -0.39 is 0 Å². The molecule has 0 radical (unpaired) electrons. The zero-order valence-electron chi connectivity index (χ0n) is 14.7. The molecule has 2 nitrogen and oxygen atoms in total. The van der Waals surface area contributed by atoms with Gasteiger partial charge in [-0.1, -0.05) is 42.0 Å². The minimum atomic E-state index is 0.299. The molecule has 2 aromatic rings. The number of aryl methyl sites for hydroxylation is 1. The van der Waals surface area contributed by atoms with Crippen molar-refractivity contribution in [3.63, 3.8) is 0 Å². The smallest absolute Gasteiger partial charge is 0.119 e. The molecule has 26 heavy (non-hydrogen) atoms. The van der Waals surface area contributed by atoms with Gasteiger partial charge >= 0.3 is 0 Å². The number of hydrogen-bond acceptors (Lipinski definition) is 3. The highest BCUT2D eigenvalue weighted by atomic mass is 35.5. The molecule has 1 N–H and O–H groups in total. The maximum atomic E-state index is 6.57. The van der Waals surface area contributed by atoms with Crippen molar-refractivity contribution in [1.29, 1.82) is 0 Å². The van der Waals surface area contributed by atoms with Gasteiger partial charge in [-0.15, -0.1) is 0 Å². The third kappa shape index (κ3) is 2.73. The van der Waals surface area contributed by atoms with Crippen LogP contribution >= 0.6 is 23.4 Å². The summed E-state index contributed by atoms with van der Waals surface area (Å²) in [6.45, 7) is 2.16. The molecule has 0 amide bonds. The molecular weight excluding hydrogens is 362 g/mol. The summed E-state index contributed by atoms with van der Waals surface area (Å²) in [7, 11) is 0. The van der Waals surface area contributed by atoms with Crippen LogP contribution in [0.5, 0.6) is 5.75 Å². The second-order valence-electron chi connectivity index (χ2n) is 7.47. The predicted molar refractivity (Wildman–Crippen MR) is 111 cm³/mol. The van der Waals surface area contributed by atoms with E-state index in [1.54, 1.807) is 0 Å². The van der Waals surface area contributed by atoms with Gasteiger partial charge in [0.1, 0.15) is 11.9 Å². The maximum Gasteiger partial charge on any atom is 0.119 e. The molecule has 0 bridgehead atoms. The summed E-state index contributed by atoms with van der Waals surface area (Å²) in [5.74, 6) is 4.11. The highest BCUT2D eigenvalue weighted by Gasteiger charge is 2.39. The first-order chi connectivity index (χ1) is 12.7. The molecule has 5 rings (SSSR count). The predicted octanol–water partition coefficient (Wildman–Crippen LogP) is 5.97. The minimum absolute atomic E-state index is 0.299. The Labute approximate surface area is 164 Å². The first-order valence-corrected chi connectivity index (χ1v) is 10.8. The summed E-state index contributed by atoms with van der Waals surface area (Å²) in [6, 6.07) is 13.1. The number of rotatable bonds is 3. The van der Waals surface area contributed by atoms with Crippen LogP contribution in [0.3, 0.4) is 0 Å². The number of anilines is 1. The van der Waals surface area contributed by atoms with Crippen molar-refractivity contribution in [3.05, 3.63) is 70.3 Å². The van der Waals surface area contributed by atoms with Crippen molar-refractivity contribution in [2.45, 2.75) is 31.4 Å². The van der Waals surface area contributed by atoms with E-state index in [9.17, 15) is 0 Å². The van der Waals surface area contributed by atoms with E-state index in [1.807, 2.05) is 17.8 Å². The molecule has 134 valence electrons. The average Bonchev–Trinajstić information content (AvgIpc) is 3.10. The summed E-state index contributed by atoms with van der Waals surface area (Å²) < 4.78 is 6.00. The maximum absolute atomic E-state index is 6.57. The zero-order valence-corrected chi connectivity index (χ0v) is 16.3. The molecule has 3 atom stereocenters. The van der Waals surface area contributed by atoms with E-state index in [1.165, 1.54) is 22.4 Å². The Morgan fingerprint density at radius 1 is 1.12 bits per heavy atom. The van der Waals surface area contributed by atoms with Crippen LogP contribution in [0.2, 0.25) is 5.02 Å². The lowest BCUT2D eigenvalue weighted by molar-refractivity contribution is 0.240. The van der Waals surface area contributed by atoms with Gasteiger partial charge in [0, 0.05) is 33.7 Å². The molecule has 3 aliphatic rings. The van der Waals surface area contributed by atoms with Crippen LogP contribution in [0.25, 0.3) is 0 Å². The highest BCUT2D eigenvalue weighted by Crippen LogP contribution is 2.52. The average molecular weight is 384 g/mol. The topological polar surface area (TPSA) is 21.3 Å². The van der Waals surface area contributed by atoms with Gasteiger partial charge in [0.05, 0.1) is 6.04 Å². The van der Waals surface area contributed by atoms with Crippen molar-refractivity contribution < 1.29 is 4.74 Å². The number of benzene rings is 2. The van der Waals surface area contributed by atoms with Crippen LogP contribution in [0.1, 0.15) is 35.1 Å². The summed E-state index contributed by atoms with van der Waals surface area (Å²) in [5.41, 5.74) is 5.06. The Balaban J connectivity index is 1.46. The van der Waals surface area contributed by atoms with Crippen LogP contribution in [-0.2, 0) is 0 Å². The quantitative estimate of drug-likeness (QED) is 0.660. The van der Waals surface area contributed by atoms with Gasteiger partial charge in [0.2, 0.25) is 0 Å². The summed E-state index contributed by atoms with van der Waals surface area (Å²) >= 11 is 8.51. The molecule has 2 aliphatic heterocycles. The molecule has 2 aromatic carbocycles. The highest BCUT2D eigenvalue weighted by molar-refractivity contribution is 8.00. The number of allylic oxidation sites excluding steroid dienone is 2. The van der Waals surface area contributed by atoms with Gasteiger partial charge in [-0.2, -0.15) is 11.8 Å². The van der Waals surface area contributed by atoms with Crippen molar-refractivity contribution in [1.82, 2.24) is 0 Å². The van der Waals surface area contributed by atoms with Crippen LogP contribution in [0, 0.1) is 12.8 Å². The zero-order chi connectivity index (χ0) is 17.7. The van der Waals surface area contributed by atoms with Crippen LogP contribution < -0.4 is 10.1 Å². The Bertz CT molecular complexity index is 859. The number of hydrogen-bond donors (Lipinski definition) is 1. The van der Waals surface area contributed by atoms with Crippen molar-refractivity contribution >= 4 is 29.1 Å². The Morgan fingerprint density at radius 2 is 1.92 bits per heavy atom. The van der Waals surface area contributed by atoms with Gasteiger partial charge < -0.3 is 10.1 Å². The number of nitrogens with one attached hydrogen (secondary N) is 1. The standard InChI is InChI=1S/C22H22ClNOS/c1-13-5-10-19(23)20-17-3-2-4-18(17)22(24-21(13)20)14-6-8-15(9-7-14)25-16-11-26-12-16/h2-3,5-10,16-18,22,24H,4,11-12H2,1H3/t17-,18+,22+/m0/s1. The van der Waals surface area contributed by atoms with Crippen LogP contribution in [0.15, 0.2) is 48.6 Å². The lowest BCUT2D eigenvalue weighted by Crippen LogP contribution is -2.31. The number of ether oxygens (including phenoxy) is 1. The molecule has 0 unspecified atom stereocenters. The van der Waals surface area contributed by atoms with Gasteiger partial charge in [0.15, 0.2) is 0 Å². The monoisotopic (exact) mass is 383 g/mol. The lowest BCUT2D eigenvalue weighted by Gasteiger charge is -2.39. The van der Waals surface area contributed by atoms with Crippen molar-refractivity contribution in [2.24, 2.45) is 5.92 Å². The third-order valence-corrected chi connectivity index (χ3v) is 7.37. The van der Waals surface area contributed by atoms with Crippen molar-refractivity contribution in [3.8, 4) is 5.75 Å². The second-order valence-corrected chi connectivity index (χ2v) is 8.96. The molecule has 0 saturated carbocycles. The SMILES string of the molecule is Cc1ccc(Cl)c2c1N[C@H](c1ccc(OC3CSC3)cc1)[C@@H]1CC=C[C@H]21. The second kappa shape index (κ2) is 6.54. The Kier molecular flexibility index (Phi) is 4.17. The van der Waals surface area contributed by atoms with E-state index in [0.29, 0.717) is 24.0 Å². The summed E-state index contributed by atoms with van der Waals surface area (Å²) in [5, 5.41) is 4.68. The van der Waals surface area contributed by atoms with E-state index in [2.05, 4.69) is 54.7 Å². The molecule has 0 aromatic heterocycles. The van der Waals surface area contributed by atoms with Gasteiger partial charge in [-0.05, 0) is 48.6 Å². The first kappa shape index (κ1) is 16.6. The Hall–Kier alpha value is -1.58. The molecule has 1 aliphatic carbocycles. The fourth-order valence-corrected chi connectivity index (χ4v) is 5.22. The van der Waals surface area contributed by atoms with Crippen LogP contribution in [-0.4, -0.2) is 17.6 Å². The minimum Gasteiger partial charge on any atom is -0.489 e.